The van der Waals surface area contributed by atoms with Gasteiger partial charge in [0, 0.05) is 12.6 Å². The largest absolute Gasteiger partial charge is 0.469 e. The minimum atomic E-state index is -0.383. The number of carbonyl (C=O) groups excluding carboxylic acids is 2. The first-order valence-corrected chi connectivity index (χ1v) is 5.82. The molecule has 1 rings (SSSR count). The lowest BCUT2D eigenvalue weighted by molar-refractivity contribution is -0.140. The number of ether oxygens (including phenoxy) is 1. The summed E-state index contributed by atoms with van der Waals surface area (Å²) in [5.41, 5.74) is 1.29. The maximum atomic E-state index is 13.0. The molecular formula is C14H16FNO3. The number of esters is 1. The summed E-state index contributed by atoms with van der Waals surface area (Å²) in [6, 6.07) is 5.99. The molecule has 19 heavy (non-hydrogen) atoms. The fraction of sp³-hybridized carbons (Fsp3) is 0.286. The monoisotopic (exact) mass is 265 g/mol. The van der Waals surface area contributed by atoms with E-state index in [-0.39, 0.29) is 30.7 Å². The Balaban J connectivity index is 2.54. The molecule has 1 amide bonds. The number of benzene rings is 1. The molecule has 0 unspecified atom stereocenters. The highest BCUT2D eigenvalue weighted by atomic mass is 19.1. The molecular weight excluding hydrogens is 249 g/mol. The SMILES string of the molecule is COC(=O)CCNC(=O)/C=C(\C)c1cccc(F)c1. The number of allylic oxidation sites excluding steroid dienone is 1. The van der Waals surface area contributed by atoms with Crippen molar-refractivity contribution in [2.45, 2.75) is 13.3 Å². The molecule has 0 atom stereocenters. The van der Waals surface area contributed by atoms with Crippen LogP contribution in [-0.2, 0) is 14.3 Å². The maximum absolute atomic E-state index is 13.0. The Bertz CT molecular complexity index is 497. The molecule has 5 heteroatoms. The second-order valence-electron chi connectivity index (χ2n) is 3.95. The van der Waals surface area contributed by atoms with Crippen molar-refractivity contribution >= 4 is 17.4 Å². The molecule has 0 fully saturated rings. The van der Waals surface area contributed by atoms with Gasteiger partial charge in [-0.05, 0) is 30.2 Å². The fourth-order valence-corrected chi connectivity index (χ4v) is 1.45. The van der Waals surface area contributed by atoms with Crippen molar-refractivity contribution in [3.8, 4) is 0 Å². The summed E-state index contributed by atoms with van der Waals surface area (Å²) in [5, 5.41) is 2.55. The van der Waals surface area contributed by atoms with Crippen LogP contribution in [-0.4, -0.2) is 25.5 Å². The van der Waals surface area contributed by atoms with E-state index in [1.807, 2.05) is 0 Å². The van der Waals surface area contributed by atoms with E-state index in [4.69, 9.17) is 0 Å². The molecule has 0 aromatic heterocycles. The highest BCUT2D eigenvalue weighted by Crippen LogP contribution is 2.14. The van der Waals surface area contributed by atoms with E-state index in [1.54, 1.807) is 19.1 Å². The summed E-state index contributed by atoms with van der Waals surface area (Å²) in [6.07, 6.45) is 1.49. The Labute approximate surface area is 111 Å². The standard InChI is InChI=1S/C14H16FNO3/c1-10(11-4-3-5-12(15)9-11)8-13(17)16-7-6-14(18)19-2/h3-5,8-9H,6-7H2,1-2H3,(H,16,17)/b10-8+. The molecule has 0 bridgehead atoms. The first kappa shape index (κ1) is 14.9. The number of nitrogens with one attached hydrogen (secondary N) is 1. The third kappa shape index (κ3) is 5.33. The van der Waals surface area contributed by atoms with Gasteiger partial charge in [0.2, 0.25) is 5.91 Å². The van der Waals surface area contributed by atoms with Gasteiger partial charge in [-0.3, -0.25) is 9.59 Å². The van der Waals surface area contributed by atoms with Gasteiger partial charge in [0.25, 0.3) is 0 Å². The number of amides is 1. The zero-order chi connectivity index (χ0) is 14.3. The van der Waals surface area contributed by atoms with Crippen molar-refractivity contribution in [2.75, 3.05) is 13.7 Å². The summed E-state index contributed by atoms with van der Waals surface area (Å²) in [7, 11) is 1.29. The van der Waals surface area contributed by atoms with Gasteiger partial charge in [-0.2, -0.15) is 0 Å². The Kier molecular flexibility index (Phi) is 5.73. The van der Waals surface area contributed by atoms with Gasteiger partial charge >= 0.3 is 5.97 Å². The minimum Gasteiger partial charge on any atom is -0.469 e. The van der Waals surface area contributed by atoms with Crippen LogP contribution in [0.3, 0.4) is 0 Å². The first-order valence-electron chi connectivity index (χ1n) is 5.82. The lowest BCUT2D eigenvalue weighted by Crippen LogP contribution is -2.24. The van der Waals surface area contributed by atoms with Gasteiger partial charge in [0.05, 0.1) is 13.5 Å². The molecule has 0 aliphatic carbocycles. The van der Waals surface area contributed by atoms with E-state index in [0.29, 0.717) is 11.1 Å². The average Bonchev–Trinajstić information content (AvgIpc) is 2.38. The average molecular weight is 265 g/mol. The summed E-state index contributed by atoms with van der Waals surface area (Å²) >= 11 is 0. The third-order valence-corrected chi connectivity index (χ3v) is 2.48. The summed E-state index contributed by atoms with van der Waals surface area (Å²) < 4.78 is 17.5. The molecule has 0 aliphatic rings. The van der Waals surface area contributed by atoms with Crippen LogP contribution < -0.4 is 5.32 Å². The Morgan fingerprint density at radius 1 is 1.42 bits per heavy atom. The van der Waals surface area contributed by atoms with Crippen LogP contribution in [0.25, 0.3) is 5.57 Å². The number of hydrogen-bond acceptors (Lipinski definition) is 3. The second kappa shape index (κ2) is 7.31. The van der Waals surface area contributed by atoms with Crippen LogP contribution in [0.2, 0.25) is 0 Å². The third-order valence-electron chi connectivity index (χ3n) is 2.48. The van der Waals surface area contributed by atoms with Crippen LogP contribution in [0.4, 0.5) is 4.39 Å². The Morgan fingerprint density at radius 2 is 2.16 bits per heavy atom. The molecule has 102 valence electrons. The van der Waals surface area contributed by atoms with Crippen molar-refractivity contribution in [3.63, 3.8) is 0 Å². The highest BCUT2D eigenvalue weighted by molar-refractivity contribution is 5.94. The van der Waals surface area contributed by atoms with Crippen LogP contribution in [0.5, 0.6) is 0 Å². The molecule has 1 N–H and O–H groups in total. The molecule has 0 aliphatic heterocycles. The fourth-order valence-electron chi connectivity index (χ4n) is 1.45. The van der Waals surface area contributed by atoms with Crippen LogP contribution in [0.15, 0.2) is 30.3 Å². The van der Waals surface area contributed by atoms with E-state index >= 15 is 0 Å². The van der Waals surface area contributed by atoms with Gasteiger partial charge in [-0.1, -0.05) is 12.1 Å². The van der Waals surface area contributed by atoms with E-state index in [2.05, 4.69) is 10.1 Å². The first-order chi connectivity index (χ1) is 9.02. The zero-order valence-electron chi connectivity index (χ0n) is 10.9. The van der Waals surface area contributed by atoms with Crippen LogP contribution in [0.1, 0.15) is 18.9 Å². The zero-order valence-corrected chi connectivity index (χ0v) is 10.9. The van der Waals surface area contributed by atoms with Crippen LogP contribution in [0, 0.1) is 5.82 Å². The molecule has 4 nitrogen and oxygen atoms in total. The predicted octanol–water partition coefficient (Wildman–Crippen LogP) is 1.91. The Morgan fingerprint density at radius 3 is 2.79 bits per heavy atom. The summed E-state index contributed by atoms with van der Waals surface area (Å²) in [4.78, 5) is 22.4. The number of methoxy groups -OCH3 is 1. The van der Waals surface area contributed by atoms with Crippen molar-refractivity contribution < 1.29 is 18.7 Å². The lowest BCUT2D eigenvalue weighted by atomic mass is 10.1. The number of hydrogen-bond donors (Lipinski definition) is 1. The van der Waals surface area contributed by atoms with Gasteiger partial charge in [0.1, 0.15) is 5.82 Å². The molecule has 1 aromatic rings. The highest BCUT2D eigenvalue weighted by Gasteiger charge is 2.03. The van der Waals surface area contributed by atoms with Gasteiger partial charge in [-0.15, -0.1) is 0 Å². The van der Waals surface area contributed by atoms with Crippen LogP contribution >= 0.6 is 0 Å². The van der Waals surface area contributed by atoms with Crippen molar-refractivity contribution in [2.24, 2.45) is 0 Å². The predicted molar refractivity (Wildman–Crippen MR) is 69.7 cm³/mol. The summed E-state index contributed by atoms with van der Waals surface area (Å²) in [5.74, 6) is -1.06. The van der Waals surface area contributed by atoms with Gasteiger partial charge in [0.15, 0.2) is 0 Å². The van der Waals surface area contributed by atoms with E-state index in [9.17, 15) is 14.0 Å². The molecule has 0 heterocycles. The number of rotatable bonds is 5. The van der Waals surface area contributed by atoms with Gasteiger partial charge in [-0.25, -0.2) is 4.39 Å². The second-order valence-corrected chi connectivity index (χ2v) is 3.95. The summed E-state index contributed by atoms with van der Waals surface area (Å²) in [6.45, 7) is 1.92. The lowest BCUT2D eigenvalue weighted by Gasteiger charge is -2.04. The van der Waals surface area contributed by atoms with Crippen molar-refractivity contribution in [3.05, 3.63) is 41.7 Å². The smallest absolute Gasteiger partial charge is 0.307 e. The van der Waals surface area contributed by atoms with Crippen molar-refractivity contribution in [1.82, 2.24) is 5.32 Å². The number of carbonyl (C=O) groups is 2. The van der Waals surface area contributed by atoms with Gasteiger partial charge < -0.3 is 10.1 Å². The maximum Gasteiger partial charge on any atom is 0.307 e. The molecule has 1 aromatic carbocycles. The molecule has 0 saturated heterocycles. The topological polar surface area (TPSA) is 55.4 Å². The molecule has 0 saturated carbocycles. The van der Waals surface area contributed by atoms with Crippen molar-refractivity contribution in [1.29, 1.82) is 0 Å². The quantitative estimate of drug-likeness (QED) is 0.653. The molecule has 0 radical (unpaired) electrons. The molecule has 0 spiro atoms. The van der Waals surface area contributed by atoms with E-state index in [0.717, 1.165) is 0 Å². The normalized spacial score (nSPS) is 11.0. The van der Waals surface area contributed by atoms with E-state index in [1.165, 1.54) is 25.3 Å². The van der Waals surface area contributed by atoms with E-state index < -0.39 is 0 Å². The Hall–Kier alpha value is -2.17. The minimum absolute atomic E-state index is 0.120. The number of halogens is 1.